The maximum absolute atomic E-state index is 12.7. The van der Waals surface area contributed by atoms with Crippen LogP contribution in [0.1, 0.15) is 32.1 Å². The Morgan fingerprint density at radius 2 is 2.00 bits per heavy atom. The molecule has 1 amide bonds. The van der Waals surface area contributed by atoms with Crippen LogP contribution in [-0.4, -0.2) is 23.9 Å². The molecule has 0 unspecified atom stereocenters. The Morgan fingerprint density at radius 1 is 1.23 bits per heavy atom. The Morgan fingerprint density at radius 3 is 2.68 bits per heavy atom. The molecule has 5 heteroatoms. The lowest BCUT2D eigenvalue weighted by atomic mass is 10.2. The van der Waals surface area contributed by atoms with Gasteiger partial charge in [-0.3, -0.25) is 4.79 Å². The summed E-state index contributed by atoms with van der Waals surface area (Å²) in [5.74, 6) is 0.115. The standard InChI is InChI=1S/C17H20N2OS.ClH/c18-9-10-19(12-13-5-2-1-3-6-13)17(20)16-11-14-7-4-8-15(14)21-16;/h1-3,5-6,11H,4,7-10,12,18H2;1H. The van der Waals surface area contributed by atoms with Gasteiger partial charge in [0.05, 0.1) is 4.88 Å². The third-order valence-electron chi connectivity index (χ3n) is 3.86. The van der Waals surface area contributed by atoms with Crippen LogP contribution in [0.5, 0.6) is 0 Å². The van der Waals surface area contributed by atoms with E-state index in [2.05, 4.69) is 6.07 Å². The van der Waals surface area contributed by atoms with Gasteiger partial charge in [-0.05, 0) is 36.5 Å². The van der Waals surface area contributed by atoms with Crippen LogP contribution >= 0.6 is 23.7 Å². The summed E-state index contributed by atoms with van der Waals surface area (Å²) in [7, 11) is 0. The number of benzene rings is 1. The fourth-order valence-electron chi connectivity index (χ4n) is 2.80. The number of hydrogen-bond donors (Lipinski definition) is 1. The highest BCUT2D eigenvalue weighted by Gasteiger charge is 2.22. The number of carbonyl (C=O) groups is 1. The van der Waals surface area contributed by atoms with E-state index < -0.39 is 0 Å². The molecule has 0 saturated heterocycles. The summed E-state index contributed by atoms with van der Waals surface area (Å²) in [6.07, 6.45) is 3.48. The average Bonchev–Trinajstić information content (AvgIpc) is 3.08. The molecule has 0 fully saturated rings. The van der Waals surface area contributed by atoms with Crippen molar-refractivity contribution in [2.24, 2.45) is 5.73 Å². The van der Waals surface area contributed by atoms with Crippen molar-refractivity contribution in [3.63, 3.8) is 0 Å². The van der Waals surface area contributed by atoms with Gasteiger partial charge in [0, 0.05) is 24.5 Å². The van der Waals surface area contributed by atoms with Gasteiger partial charge >= 0.3 is 0 Å². The first kappa shape index (κ1) is 17.0. The Hall–Kier alpha value is -1.36. The number of fused-ring (bicyclic) bond motifs is 1. The van der Waals surface area contributed by atoms with Gasteiger partial charge in [0.15, 0.2) is 0 Å². The van der Waals surface area contributed by atoms with Crippen LogP contribution in [0.4, 0.5) is 0 Å². The van der Waals surface area contributed by atoms with E-state index in [1.165, 1.54) is 16.9 Å². The van der Waals surface area contributed by atoms with E-state index >= 15 is 0 Å². The van der Waals surface area contributed by atoms with Gasteiger partial charge < -0.3 is 10.6 Å². The summed E-state index contributed by atoms with van der Waals surface area (Å²) in [6.45, 7) is 1.71. The lowest BCUT2D eigenvalue weighted by molar-refractivity contribution is 0.0753. The Bertz CT molecular complexity index is 605. The van der Waals surface area contributed by atoms with Crippen molar-refractivity contribution in [2.45, 2.75) is 25.8 Å². The predicted molar refractivity (Wildman–Crippen MR) is 93.8 cm³/mol. The van der Waals surface area contributed by atoms with Gasteiger partial charge in [-0.2, -0.15) is 0 Å². The zero-order valence-corrected chi connectivity index (χ0v) is 14.1. The van der Waals surface area contributed by atoms with Gasteiger partial charge in [0.1, 0.15) is 0 Å². The normalized spacial score (nSPS) is 12.6. The predicted octanol–water partition coefficient (Wildman–Crippen LogP) is 3.26. The number of nitrogens with zero attached hydrogens (tertiary/aromatic N) is 1. The molecule has 3 rings (SSSR count). The molecule has 22 heavy (non-hydrogen) atoms. The third-order valence-corrected chi connectivity index (χ3v) is 5.08. The van der Waals surface area contributed by atoms with E-state index in [0.717, 1.165) is 23.3 Å². The number of hydrogen-bond acceptors (Lipinski definition) is 3. The molecule has 3 nitrogen and oxygen atoms in total. The monoisotopic (exact) mass is 336 g/mol. The topological polar surface area (TPSA) is 46.3 Å². The fourth-order valence-corrected chi connectivity index (χ4v) is 4.02. The fraction of sp³-hybridized carbons (Fsp3) is 0.353. The van der Waals surface area contributed by atoms with Gasteiger partial charge in [0.2, 0.25) is 0 Å². The number of thiophene rings is 1. The van der Waals surface area contributed by atoms with Crippen molar-refractivity contribution in [3.8, 4) is 0 Å². The minimum Gasteiger partial charge on any atom is -0.332 e. The molecule has 2 aromatic rings. The second-order valence-electron chi connectivity index (χ2n) is 5.41. The van der Waals surface area contributed by atoms with E-state index in [-0.39, 0.29) is 18.3 Å². The van der Waals surface area contributed by atoms with Crippen LogP contribution in [0, 0.1) is 0 Å². The Kier molecular flexibility index (Phi) is 6.00. The minimum absolute atomic E-state index is 0. The Labute approximate surface area is 141 Å². The van der Waals surface area contributed by atoms with Gasteiger partial charge in [0.25, 0.3) is 5.91 Å². The van der Waals surface area contributed by atoms with Crippen molar-refractivity contribution in [1.82, 2.24) is 4.90 Å². The summed E-state index contributed by atoms with van der Waals surface area (Å²) in [5.41, 5.74) is 8.19. The molecule has 0 saturated carbocycles. The summed E-state index contributed by atoms with van der Waals surface area (Å²) in [5, 5.41) is 0. The molecule has 1 aliphatic rings. The zero-order chi connectivity index (χ0) is 14.7. The molecule has 118 valence electrons. The van der Waals surface area contributed by atoms with E-state index in [1.54, 1.807) is 11.3 Å². The van der Waals surface area contributed by atoms with Gasteiger partial charge in [-0.15, -0.1) is 23.7 Å². The Balaban J connectivity index is 0.00000176. The van der Waals surface area contributed by atoms with Crippen LogP contribution in [0.25, 0.3) is 0 Å². The summed E-state index contributed by atoms with van der Waals surface area (Å²) >= 11 is 1.66. The molecule has 1 aromatic heterocycles. The largest absolute Gasteiger partial charge is 0.332 e. The first-order valence-corrected chi connectivity index (χ1v) is 8.24. The third kappa shape index (κ3) is 3.69. The van der Waals surface area contributed by atoms with E-state index in [9.17, 15) is 4.79 Å². The highest BCUT2D eigenvalue weighted by atomic mass is 35.5. The van der Waals surface area contributed by atoms with Crippen LogP contribution in [-0.2, 0) is 19.4 Å². The second-order valence-corrected chi connectivity index (χ2v) is 6.55. The first-order valence-electron chi connectivity index (χ1n) is 7.43. The second kappa shape index (κ2) is 7.77. The summed E-state index contributed by atoms with van der Waals surface area (Å²) in [4.78, 5) is 16.8. The highest BCUT2D eigenvalue weighted by Crippen LogP contribution is 2.31. The average molecular weight is 337 g/mol. The number of amides is 1. The maximum Gasteiger partial charge on any atom is 0.264 e. The number of nitrogens with two attached hydrogens (primary N) is 1. The summed E-state index contributed by atoms with van der Waals surface area (Å²) < 4.78 is 0. The molecular weight excluding hydrogens is 316 g/mol. The first-order chi connectivity index (χ1) is 10.3. The molecule has 1 aromatic carbocycles. The highest BCUT2D eigenvalue weighted by molar-refractivity contribution is 7.14. The van der Waals surface area contributed by atoms with Crippen molar-refractivity contribution >= 4 is 29.7 Å². The van der Waals surface area contributed by atoms with Crippen molar-refractivity contribution in [1.29, 1.82) is 0 Å². The molecule has 1 aliphatic carbocycles. The van der Waals surface area contributed by atoms with Crippen LogP contribution in [0.2, 0.25) is 0 Å². The molecule has 0 bridgehead atoms. The maximum atomic E-state index is 12.7. The number of halogens is 1. The van der Waals surface area contributed by atoms with Gasteiger partial charge in [-0.1, -0.05) is 30.3 Å². The van der Waals surface area contributed by atoms with Crippen LogP contribution in [0.15, 0.2) is 36.4 Å². The molecule has 0 aliphatic heterocycles. The zero-order valence-electron chi connectivity index (χ0n) is 12.5. The van der Waals surface area contributed by atoms with E-state index in [4.69, 9.17) is 5.73 Å². The van der Waals surface area contributed by atoms with Crippen molar-refractivity contribution in [3.05, 3.63) is 57.3 Å². The molecule has 0 radical (unpaired) electrons. The minimum atomic E-state index is 0. The van der Waals surface area contributed by atoms with E-state index in [1.807, 2.05) is 35.2 Å². The number of rotatable bonds is 5. The SMILES string of the molecule is Cl.NCCN(Cc1ccccc1)C(=O)c1cc2c(s1)CCC2. The lowest BCUT2D eigenvalue weighted by Gasteiger charge is -2.21. The smallest absolute Gasteiger partial charge is 0.264 e. The molecule has 0 atom stereocenters. The van der Waals surface area contributed by atoms with Crippen LogP contribution in [0.3, 0.4) is 0 Å². The van der Waals surface area contributed by atoms with E-state index in [0.29, 0.717) is 19.6 Å². The quantitative estimate of drug-likeness (QED) is 0.911. The number of carbonyl (C=O) groups excluding carboxylic acids is 1. The summed E-state index contributed by atoms with van der Waals surface area (Å²) in [6, 6.07) is 12.2. The molecule has 1 heterocycles. The number of aryl methyl sites for hydroxylation is 2. The molecule has 2 N–H and O–H groups in total. The van der Waals surface area contributed by atoms with Crippen molar-refractivity contribution < 1.29 is 4.79 Å². The molecular formula is C17H21ClN2OS. The lowest BCUT2D eigenvalue weighted by Crippen LogP contribution is -2.34. The van der Waals surface area contributed by atoms with Gasteiger partial charge in [-0.25, -0.2) is 0 Å². The van der Waals surface area contributed by atoms with Crippen LogP contribution < -0.4 is 5.73 Å². The van der Waals surface area contributed by atoms with Crippen molar-refractivity contribution in [2.75, 3.05) is 13.1 Å². The molecule has 0 spiro atoms.